The van der Waals surface area contributed by atoms with E-state index in [0.717, 1.165) is 34.0 Å². The highest BCUT2D eigenvalue weighted by Gasteiger charge is 2.18. The number of carbonyl (C=O) groups excluding carboxylic acids is 1. The van der Waals surface area contributed by atoms with Crippen molar-refractivity contribution in [1.29, 1.82) is 0 Å². The highest BCUT2D eigenvalue weighted by Crippen LogP contribution is 2.28. The number of thioether (sulfide) groups is 1. The predicted octanol–water partition coefficient (Wildman–Crippen LogP) is 4.49. The molecule has 2 aromatic heterocycles. The van der Waals surface area contributed by atoms with E-state index in [0.29, 0.717) is 24.9 Å². The summed E-state index contributed by atoms with van der Waals surface area (Å²) in [6, 6.07) is 19.8. The summed E-state index contributed by atoms with van der Waals surface area (Å²) in [6.45, 7) is 5.36. The molecule has 170 valence electrons. The van der Waals surface area contributed by atoms with Crippen molar-refractivity contribution in [3.05, 3.63) is 83.8 Å². The molecular formula is C25H26N4O3S. The number of amides is 1. The Balaban J connectivity index is 1.36. The van der Waals surface area contributed by atoms with E-state index >= 15 is 0 Å². The van der Waals surface area contributed by atoms with Crippen LogP contribution in [0.2, 0.25) is 0 Å². The van der Waals surface area contributed by atoms with Gasteiger partial charge in [-0.15, -0.1) is 10.2 Å². The van der Waals surface area contributed by atoms with Gasteiger partial charge >= 0.3 is 0 Å². The zero-order chi connectivity index (χ0) is 23.0. The predicted molar refractivity (Wildman–Crippen MR) is 128 cm³/mol. The second kappa shape index (κ2) is 10.9. The van der Waals surface area contributed by atoms with Crippen molar-refractivity contribution in [2.45, 2.75) is 25.5 Å². The van der Waals surface area contributed by atoms with Crippen molar-refractivity contribution in [2.24, 2.45) is 0 Å². The third-order valence-electron chi connectivity index (χ3n) is 5.01. The molecule has 1 amide bonds. The molecule has 0 unspecified atom stereocenters. The third kappa shape index (κ3) is 6.04. The van der Waals surface area contributed by atoms with E-state index in [1.165, 1.54) is 11.8 Å². The number of hydrogen-bond acceptors (Lipinski definition) is 6. The molecule has 0 saturated heterocycles. The fraction of sp³-hybridized carbons (Fsp3) is 0.240. The number of aromatic nitrogens is 3. The van der Waals surface area contributed by atoms with Gasteiger partial charge in [0.25, 0.3) is 0 Å². The number of benzene rings is 2. The Bertz CT molecular complexity index is 1200. The Morgan fingerprint density at radius 2 is 1.94 bits per heavy atom. The number of hydrogen-bond donors (Lipinski definition) is 1. The second-order valence-corrected chi connectivity index (χ2v) is 8.51. The van der Waals surface area contributed by atoms with Crippen molar-refractivity contribution < 1.29 is 13.9 Å². The largest absolute Gasteiger partial charge is 0.492 e. The van der Waals surface area contributed by atoms with E-state index in [9.17, 15) is 4.79 Å². The van der Waals surface area contributed by atoms with Crippen molar-refractivity contribution in [3.63, 3.8) is 0 Å². The van der Waals surface area contributed by atoms with Gasteiger partial charge < -0.3 is 14.5 Å². The summed E-state index contributed by atoms with van der Waals surface area (Å²) in [6.07, 6.45) is 1.64. The lowest BCUT2D eigenvalue weighted by atomic mass is 10.2. The molecule has 2 heterocycles. The first kappa shape index (κ1) is 22.7. The molecule has 33 heavy (non-hydrogen) atoms. The van der Waals surface area contributed by atoms with Crippen molar-refractivity contribution in [1.82, 2.24) is 20.1 Å². The zero-order valence-corrected chi connectivity index (χ0v) is 19.5. The van der Waals surface area contributed by atoms with Gasteiger partial charge in [0, 0.05) is 0 Å². The van der Waals surface area contributed by atoms with Gasteiger partial charge in [-0.1, -0.05) is 54.2 Å². The molecule has 1 N–H and O–H groups in total. The summed E-state index contributed by atoms with van der Waals surface area (Å²) in [5.74, 6) is 2.46. The number of furan rings is 1. The zero-order valence-electron chi connectivity index (χ0n) is 18.7. The van der Waals surface area contributed by atoms with Crippen LogP contribution in [0.15, 0.2) is 76.5 Å². The summed E-state index contributed by atoms with van der Waals surface area (Å²) in [5, 5.41) is 12.3. The van der Waals surface area contributed by atoms with Crippen LogP contribution in [-0.2, 0) is 11.3 Å². The number of nitrogens with one attached hydrogen (secondary N) is 1. The van der Waals surface area contributed by atoms with Gasteiger partial charge in [0.2, 0.25) is 5.91 Å². The number of rotatable bonds is 10. The Labute approximate surface area is 197 Å². The van der Waals surface area contributed by atoms with Gasteiger partial charge in [-0.3, -0.25) is 9.36 Å². The molecule has 0 saturated carbocycles. The van der Waals surface area contributed by atoms with Crippen LogP contribution in [0.1, 0.15) is 16.9 Å². The fourth-order valence-corrected chi connectivity index (χ4v) is 4.13. The minimum atomic E-state index is -0.0804. The quantitative estimate of drug-likeness (QED) is 0.276. The highest BCUT2D eigenvalue weighted by atomic mass is 32.2. The van der Waals surface area contributed by atoms with Crippen molar-refractivity contribution in [2.75, 3.05) is 18.9 Å². The Morgan fingerprint density at radius 3 is 2.70 bits per heavy atom. The molecule has 7 nitrogen and oxygen atoms in total. The molecule has 0 fully saturated rings. The highest BCUT2D eigenvalue weighted by molar-refractivity contribution is 7.99. The van der Waals surface area contributed by atoms with E-state index in [4.69, 9.17) is 9.15 Å². The van der Waals surface area contributed by atoms with Gasteiger partial charge in [-0.25, -0.2) is 0 Å². The van der Waals surface area contributed by atoms with E-state index in [2.05, 4.69) is 27.6 Å². The van der Waals surface area contributed by atoms with Crippen LogP contribution in [0.3, 0.4) is 0 Å². The molecular weight excluding hydrogens is 436 g/mol. The summed E-state index contributed by atoms with van der Waals surface area (Å²) in [5.41, 5.74) is 3.15. The number of carbonyl (C=O) groups is 1. The maximum absolute atomic E-state index is 12.4. The van der Waals surface area contributed by atoms with Crippen molar-refractivity contribution >= 4 is 17.7 Å². The molecule has 8 heteroatoms. The van der Waals surface area contributed by atoms with Gasteiger partial charge in [0.05, 0.1) is 30.7 Å². The maximum atomic E-state index is 12.4. The van der Waals surface area contributed by atoms with Crippen LogP contribution < -0.4 is 10.1 Å². The molecule has 0 aliphatic carbocycles. The summed E-state index contributed by atoms with van der Waals surface area (Å²) < 4.78 is 13.2. The second-order valence-electron chi connectivity index (χ2n) is 7.57. The number of ether oxygens (including phenoxy) is 1. The van der Waals surface area contributed by atoms with E-state index in [1.807, 2.05) is 66.9 Å². The average molecular weight is 463 g/mol. The molecule has 0 bridgehead atoms. The van der Waals surface area contributed by atoms with Crippen LogP contribution >= 0.6 is 11.8 Å². The van der Waals surface area contributed by atoms with Gasteiger partial charge in [-0.05, 0) is 43.2 Å². The Hall–Kier alpha value is -3.52. The molecule has 0 atom stereocenters. The Kier molecular flexibility index (Phi) is 7.47. The first-order chi connectivity index (χ1) is 16.1. The smallest absolute Gasteiger partial charge is 0.230 e. The third-order valence-corrected chi connectivity index (χ3v) is 5.98. The lowest BCUT2D eigenvalue weighted by Gasteiger charge is -2.11. The van der Waals surface area contributed by atoms with Crippen LogP contribution in [0.4, 0.5) is 0 Å². The monoisotopic (exact) mass is 462 g/mol. The van der Waals surface area contributed by atoms with Crippen LogP contribution in [-0.4, -0.2) is 39.6 Å². The molecule has 0 spiro atoms. The molecule has 0 aliphatic rings. The van der Waals surface area contributed by atoms with Crippen LogP contribution in [0.5, 0.6) is 5.75 Å². The van der Waals surface area contributed by atoms with Crippen molar-refractivity contribution in [3.8, 4) is 17.1 Å². The van der Waals surface area contributed by atoms with Gasteiger partial charge in [0.15, 0.2) is 11.0 Å². The lowest BCUT2D eigenvalue weighted by molar-refractivity contribution is -0.118. The maximum Gasteiger partial charge on any atom is 0.230 e. The minimum absolute atomic E-state index is 0.0804. The van der Waals surface area contributed by atoms with E-state index in [1.54, 1.807) is 6.26 Å². The molecule has 2 aromatic carbocycles. The fourth-order valence-electron chi connectivity index (χ4n) is 3.37. The van der Waals surface area contributed by atoms with E-state index in [-0.39, 0.29) is 11.7 Å². The lowest BCUT2D eigenvalue weighted by Crippen LogP contribution is -2.29. The van der Waals surface area contributed by atoms with Gasteiger partial charge in [0.1, 0.15) is 18.1 Å². The first-order valence-electron chi connectivity index (χ1n) is 10.7. The summed E-state index contributed by atoms with van der Waals surface area (Å²) >= 11 is 1.36. The number of nitrogens with zero attached hydrogens (tertiary/aromatic N) is 3. The van der Waals surface area contributed by atoms with Gasteiger partial charge in [-0.2, -0.15) is 0 Å². The standard InChI is InChI=1S/C25H26N4O3S/c1-18-7-6-10-21(15-18)32-14-12-26-23(30)17-33-25-28-27-24(22-11-13-31-19(22)2)29(25)16-20-8-4-3-5-9-20/h3-11,13,15H,12,14,16-17H2,1-2H3,(H,26,30). The first-order valence-corrected chi connectivity index (χ1v) is 11.7. The minimum Gasteiger partial charge on any atom is -0.492 e. The summed E-state index contributed by atoms with van der Waals surface area (Å²) in [4.78, 5) is 12.4. The molecule has 0 radical (unpaired) electrons. The SMILES string of the molecule is Cc1cccc(OCCNC(=O)CSc2nnc(-c3ccoc3C)n2Cc2ccccc2)c1. The van der Waals surface area contributed by atoms with Crippen LogP contribution in [0, 0.1) is 13.8 Å². The Morgan fingerprint density at radius 1 is 1.09 bits per heavy atom. The number of aryl methyl sites for hydroxylation is 2. The molecule has 0 aliphatic heterocycles. The van der Waals surface area contributed by atoms with E-state index < -0.39 is 0 Å². The molecule has 4 rings (SSSR count). The average Bonchev–Trinajstić information content (AvgIpc) is 3.41. The molecule has 4 aromatic rings. The normalized spacial score (nSPS) is 10.8. The summed E-state index contributed by atoms with van der Waals surface area (Å²) in [7, 11) is 0. The topological polar surface area (TPSA) is 82.2 Å². The van der Waals surface area contributed by atoms with Crippen LogP contribution in [0.25, 0.3) is 11.4 Å².